The zero-order valence-electron chi connectivity index (χ0n) is 12.4. The number of amides is 2. The number of hydroxylamine groups is 2. The number of halogens is 1. The van der Waals surface area contributed by atoms with Crippen LogP contribution in [0.1, 0.15) is 15.2 Å². The van der Waals surface area contributed by atoms with Gasteiger partial charge >= 0.3 is 5.97 Å². The molecule has 1 aliphatic heterocycles. The molecule has 2 aromatic rings. The number of rotatable bonds is 5. The van der Waals surface area contributed by atoms with Crippen molar-refractivity contribution in [1.82, 2.24) is 10.4 Å². The van der Waals surface area contributed by atoms with Crippen molar-refractivity contribution in [3.8, 4) is 0 Å². The van der Waals surface area contributed by atoms with Gasteiger partial charge in [0.1, 0.15) is 6.04 Å². The molecule has 0 radical (unpaired) electrons. The molecule has 2 amide bonds. The lowest BCUT2D eigenvalue weighted by Crippen LogP contribution is -2.64. The van der Waals surface area contributed by atoms with Crippen LogP contribution in [0.5, 0.6) is 0 Å². The molecule has 24 heavy (non-hydrogen) atoms. The number of carbonyl (C=O) groups excluding carboxylic acids is 3. The Bertz CT molecular complexity index is 761. The van der Waals surface area contributed by atoms with Gasteiger partial charge in [-0.05, 0) is 35.7 Å². The van der Waals surface area contributed by atoms with Crippen LogP contribution in [0.4, 0.5) is 0 Å². The van der Waals surface area contributed by atoms with E-state index in [-0.39, 0.29) is 24.4 Å². The summed E-state index contributed by atoms with van der Waals surface area (Å²) < 4.78 is 0. The lowest BCUT2D eigenvalue weighted by Gasteiger charge is -2.36. The summed E-state index contributed by atoms with van der Waals surface area (Å²) in [6.45, 7) is 0.133. The Hall–Kier alpha value is -2.38. The summed E-state index contributed by atoms with van der Waals surface area (Å²) in [5.41, 5.74) is 0.289. The van der Waals surface area contributed by atoms with Crippen LogP contribution in [0.25, 0.3) is 0 Å². The maximum absolute atomic E-state index is 11.9. The minimum absolute atomic E-state index is 0.133. The first-order valence-corrected chi connectivity index (χ1v) is 8.39. The zero-order chi connectivity index (χ0) is 17.1. The van der Waals surface area contributed by atoms with Gasteiger partial charge in [-0.2, -0.15) is 5.06 Å². The molecule has 2 heterocycles. The van der Waals surface area contributed by atoms with Crippen LogP contribution < -0.4 is 5.32 Å². The van der Waals surface area contributed by atoms with Gasteiger partial charge in [-0.1, -0.05) is 17.7 Å². The summed E-state index contributed by atoms with van der Waals surface area (Å²) in [6, 6.07) is 9.19. The highest BCUT2D eigenvalue weighted by Gasteiger charge is 2.41. The van der Waals surface area contributed by atoms with Crippen molar-refractivity contribution in [2.45, 2.75) is 12.5 Å². The first-order chi connectivity index (χ1) is 11.5. The van der Waals surface area contributed by atoms with Crippen LogP contribution in [0.15, 0.2) is 41.8 Å². The summed E-state index contributed by atoms with van der Waals surface area (Å²) in [6.07, 6.45) is 0.228. The molecule has 8 heteroatoms. The summed E-state index contributed by atoms with van der Waals surface area (Å²) in [4.78, 5) is 41.6. The number of benzene rings is 1. The van der Waals surface area contributed by atoms with E-state index in [1.165, 1.54) is 23.5 Å². The molecular weight excluding hydrogens is 352 g/mol. The number of hydrogen-bond donors (Lipinski definition) is 1. The molecule has 0 spiro atoms. The van der Waals surface area contributed by atoms with Crippen molar-refractivity contribution in [2.24, 2.45) is 0 Å². The van der Waals surface area contributed by atoms with Crippen LogP contribution in [0.2, 0.25) is 5.02 Å². The lowest BCUT2D eigenvalue weighted by molar-refractivity contribution is -0.192. The van der Waals surface area contributed by atoms with Crippen LogP contribution >= 0.6 is 22.9 Å². The monoisotopic (exact) mass is 364 g/mol. The van der Waals surface area contributed by atoms with Crippen molar-refractivity contribution in [2.75, 3.05) is 6.54 Å². The topological polar surface area (TPSA) is 75.7 Å². The van der Waals surface area contributed by atoms with E-state index in [4.69, 9.17) is 16.4 Å². The highest BCUT2D eigenvalue weighted by atomic mass is 35.5. The molecule has 0 saturated carbocycles. The average Bonchev–Trinajstić information content (AvgIpc) is 3.06. The second-order valence-corrected chi connectivity index (χ2v) is 6.63. The summed E-state index contributed by atoms with van der Waals surface area (Å²) in [7, 11) is 0. The molecule has 1 atom stereocenters. The van der Waals surface area contributed by atoms with Gasteiger partial charge in [0.15, 0.2) is 0 Å². The molecule has 1 aromatic heterocycles. The highest BCUT2D eigenvalue weighted by molar-refractivity contribution is 7.10. The van der Waals surface area contributed by atoms with E-state index in [0.717, 1.165) is 9.94 Å². The Kier molecular flexibility index (Phi) is 4.82. The lowest BCUT2D eigenvalue weighted by atomic mass is 10.1. The summed E-state index contributed by atoms with van der Waals surface area (Å²) in [5, 5.41) is 5.94. The fourth-order valence-electron chi connectivity index (χ4n) is 2.14. The highest BCUT2D eigenvalue weighted by Crippen LogP contribution is 2.16. The Balaban J connectivity index is 1.47. The Morgan fingerprint density at radius 2 is 2.04 bits per heavy atom. The number of nitrogens with one attached hydrogen (secondary N) is 1. The summed E-state index contributed by atoms with van der Waals surface area (Å²) >= 11 is 7.22. The zero-order valence-corrected chi connectivity index (χ0v) is 14.0. The third-order valence-corrected chi connectivity index (χ3v) is 4.54. The van der Waals surface area contributed by atoms with Crippen LogP contribution in [0, 0.1) is 0 Å². The van der Waals surface area contributed by atoms with Crippen LogP contribution in [-0.4, -0.2) is 35.4 Å². The quantitative estimate of drug-likeness (QED) is 0.824. The molecule has 1 saturated heterocycles. The second-order valence-electron chi connectivity index (χ2n) is 5.16. The minimum Gasteiger partial charge on any atom is -0.342 e. The maximum atomic E-state index is 11.9. The fourth-order valence-corrected chi connectivity index (χ4v) is 2.97. The predicted molar refractivity (Wildman–Crippen MR) is 88.5 cm³/mol. The first-order valence-electron chi connectivity index (χ1n) is 7.14. The van der Waals surface area contributed by atoms with Crippen molar-refractivity contribution in [3.63, 3.8) is 0 Å². The third-order valence-electron chi connectivity index (χ3n) is 3.42. The van der Waals surface area contributed by atoms with E-state index < -0.39 is 17.9 Å². The van der Waals surface area contributed by atoms with Crippen molar-refractivity contribution in [3.05, 3.63) is 57.2 Å². The first kappa shape index (κ1) is 16.5. The molecule has 1 unspecified atom stereocenters. The molecule has 1 N–H and O–H groups in total. The largest absolute Gasteiger partial charge is 0.363 e. The van der Waals surface area contributed by atoms with Gasteiger partial charge in [0.2, 0.25) is 5.91 Å². The van der Waals surface area contributed by atoms with E-state index in [1.807, 2.05) is 17.5 Å². The van der Waals surface area contributed by atoms with E-state index >= 15 is 0 Å². The number of nitrogens with zero attached hydrogens (tertiary/aromatic N) is 1. The van der Waals surface area contributed by atoms with E-state index in [1.54, 1.807) is 12.1 Å². The SMILES string of the molecule is O=C(Cc1cccs1)NC1CN(OC(=O)c2ccc(Cl)cc2)C1=O. The van der Waals surface area contributed by atoms with Crippen LogP contribution in [-0.2, 0) is 20.8 Å². The fraction of sp³-hybridized carbons (Fsp3) is 0.188. The van der Waals surface area contributed by atoms with Gasteiger partial charge in [-0.25, -0.2) is 4.79 Å². The van der Waals surface area contributed by atoms with E-state index in [0.29, 0.717) is 5.02 Å². The Labute approximate surface area is 146 Å². The average molecular weight is 365 g/mol. The molecule has 1 fully saturated rings. The van der Waals surface area contributed by atoms with Crippen molar-refractivity contribution >= 4 is 40.7 Å². The normalized spacial score (nSPS) is 16.5. The van der Waals surface area contributed by atoms with Crippen molar-refractivity contribution in [1.29, 1.82) is 0 Å². The standard InChI is InChI=1S/C16H13ClN2O4S/c17-11-5-3-10(4-6-11)16(22)23-19-9-13(15(19)21)18-14(20)8-12-2-1-7-24-12/h1-7,13H,8-9H2,(H,18,20). The number of carbonyl (C=O) groups is 3. The van der Waals surface area contributed by atoms with Gasteiger partial charge in [0.05, 0.1) is 18.5 Å². The third kappa shape index (κ3) is 3.74. The predicted octanol–water partition coefficient (Wildman–Crippen LogP) is 2.04. The van der Waals surface area contributed by atoms with Gasteiger partial charge in [0.25, 0.3) is 5.91 Å². The van der Waals surface area contributed by atoms with Gasteiger partial charge in [-0.3, -0.25) is 9.59 Å². The Morgan fingerprint density at radius 1 is 1.29 bits per heavy atom. The molecule has 124 valence electrons. The molecule has 1 aliphatic rings. The molecule has 3 rings (SSSR count). The van der Waals surface area contributed by atoms with Crippen LogP contribution in [0.3, 0.4) is 0 Å². The van der Waals surface area contributed by atoms with Crippen molar-refractivity contribution < 1.29 is 19.2 Å². The van der Waals surface area contributed by atoms with Gasteiger partial charge in [0, 0.05) is 9.90 Å². The molecular formula is C16H13ClN2O4S. The number of β-lactam (4-membered cyclic amide) rings is 1. The van der Waals surface area contributed by atoms with E-state index in [9.17, 15) is 14.4 Å². The van der Waals surface area contributed by atoms with Gasteiger partial charge in [-0.15, -0.1) is 11.3 Å². The number of hydrogen-bond acceptors (Lipinski definition) is 5. The summed E-state index contributed by atoms with van der Waals surface area (Å²) in [5.74, 6) is -1.33. The molecule has 0 aliphatic carbocycles. The van der Waals surface area contributed by atoms with Gasteiger partial charge < -0.3 is 10.2 Å². The smallest absolute Gasteiger partial charge is 0.342 e. The molecule has 1 aromatic carbocycles. The Morgan fingerprint density at radius 3 is 2.67 bits per heavy atom. The second kappa shape index (κ2) is 7.02. The molecule has 0 bridgehead atoms. The molecule has 6 nitrogen and oxygen atoms in total. The van der Waals surface area contributed by atoms with E-state index in [2.05, 4.69) is 5.32 Å². The number of thiophene rings is 1. The minimum atomic E-state index is -0.657. The maximum Gasteiger partial charge on any atom is 0.363 e.